The topological polar surface area (TPSA) is 65.2 Å². The van der Waals surface area contributed by atoms with Crippen LogP contribution in [0.2, 0.25) is 0 Å². The highest BCUT2D eigenvalue weighted by Crippen LogP contribution is 2.20. The SMILES string of the molecule is CCc1cc(-c2ccc(CC(N)C(=O)OC)cc2)ccn1.Cl.Cl. The fraction of sp³-hybridized carbons (Fsp3) is 0.294. The Morgan fingerprint density at radius 2 is 1.83 bits per heavy atom. The number of hydrogen-bond acceptors (Lipinski definition) is 4. The Morgan fingerprint density at radius 1 is 1.17 bits per heavy atom. The summed E-state index contributed by atoms with van der Waals surface area (Å²) in [5.74, 6) is -0.388. The molecule has 1 atom stereocenters. The number of carbonyl (C=O) groups is 1. The first kappa shape index (κ1) is 21.4. The Morgan fingerprint density at radius 3 is 2.39 bits per heavy atom. The number of ether oxygens (including phenoxy) is 1. The van der Waals surface area contributed by atoms with Crippen molar-refractivity contribution < 1.29 is 9.53 Å². The summed E-state index contributed by atoms with van der Waals surface area (Å²) in [5, 5.41) is 0. The van der Waals surface area contributed by atoms with Crippen molar-refractivity contribution in [1.82, 2.24) is 4.98 Å². The second-order valence-electron chi connectivity index (χ2n) is 4.92. The summed E-state index contributed by atoms with van der Waals surface area (Å²) in [6, 6.07) is 11.5. The third-order valence-electron chi connectivity index (χ3n) is 3.43. The molecule has 0 aliphatic heterocycles. The van der Waals surface area contributed by atoms with Gasteiger partial charge in [0.2, 0.25) is 0 Å². The number of benzene rings is 1. The van der Waals surface area contributed by atoms with Crippen LogP contribution in [0.3, 0.4) is 0 Å². The normalized spacial score (nSPS) is 10.9. The van der Waals surface area contributed by atoms with Gasteiger partial charge in [-0.1, -0.05) is 31.2 Å². The molecule has 0 saturated carbocycles. The molecule has 0 saturated heterocycles. The van der Waals surface area contributed by atoms with Crippen molar-refractivity contribution in [3.05, 3.63) is 53.9 Å². The van der Waals surface area contributed by atoms with Crippen LogP contribution in [0.4, 0.5) is 0 Å². The van der Waals surface area contributed by atoms with Crippen LogP contribution in [0.25, 0.3) is 11.1 Å². The van der Waals surface area contributed by atoms with Crippen LogP contribution in [-0.4, -0.2) is 24.1 Å². The van der Waals surface area contributed by atoms with E-state index >= 15 is 0 Å². The maximum atomic E-state index is 11.3. The zero-order valence-electron chi connectivity index (χ0n) is 13.2. The van der Waals surface area contributed by atoms with Gasteiger partial charge < -0.3 is 10.5 Å². The molecule has 0 radical (unpaired) electrons. The number of pyridine rings is 1. The Balaban J connectivity index is 0.00000242. The van der Waals surface area contributed by atoms with Crippen molar-refractivity contribution in [3.63, 3.8) is 0 Å². The summed E-state index contributed by atoms with van der Waals surface area (Å²) < 4.78 is 4.63. The summed E-state index contributed by atoms with van der Waals surface area (Å²) in [6.45, 7) is 2.09. The van der Waals surface area contributed by atoms with Crippen molar-refractivity contribution in [2.75, 3.05) is 7.11 Å². The Hall–Kier alpha value is -1.62. The van der Waals surface area contributed by atoms with Gasteiger partial charge in [0.1, 0.15) is 6.04 Å². The van der Waals surface area contributed by atoms with E-state index in [4.69, 9.17) is 5.73 Å². The predicted molar refractivity (Wildman–Crippen MR) is 97.2 cm³/mol. The number of halogens is 2. The molecule has 4 nitrogen and oxygen atoms in total. The van der Waals surface area contributed by atoms with E-state index in [0.29, 0.717) is 6.42 Å². The first-order valence-electron chi connectivity index (χ1n) is 7.01. The molecule has 1 unspecified atom stereocenters. The first-order chi connectivity index (χ1) is 10.1. The molecule has 0 amide bonds. The smallest absolute Gasteiger partial charge is 0.322 e. The minimum atomic E-state index is -0.617. The van der Waals surface area contributed by atoms with Crippen LogP contribution in [0, 0.1) is 0 Å². The fourth-order valence-electron chi connectivity index (χ4n) is 2.17. The molecule has 1 aromatic carbocycles. The Labute approximate surface area is 149 Å². The summed E-state index contributed by atoms with van der Waals surface area (Å²) in [6.07, 6.45) is 3.22. The number of carbonyl (C=O) groups excluding carboxylic acids is 1. The molecular formula is C17H22Cl2N2O2. The second-order valence-corrected chi connectivity index (χ2v) is 4.92. The fourth-order valence-corrected chi connectivity index (χ4v) is 2.17. The molecule has 2 N–H and O–H groups in total. The predicted octanol–water partition coefficient (Wildman–Crippen LogP) is 3.20. The van der Waals surface area contributed by atoms with Gasteiger partial charge in [-0.15, -0.1) is 24.8 Å². The van der Waals surface area contributed by atoms with Crippen LogP contribution >= 0.6 is 24.8 Å². The van der Waals surface area contributed by atoms with Crippen LogP contribution < -0.4 is 5.73 Å². The van der Waals surface area contributed by atoms with E-state index in [9.17, 15) is 4.79 Å². The monoisotopic (exact) mass is 356 g/mol. The van der Waals surface area contributed by atoms with E-state index in [1.54, 1.807) is 0 Å². The number of esters is 1. The first-order valence-corrected chi connectivity index (χ1v) is 7.01. The average Bonchev–Trinajstić information content (AvgIpc) is 2.54. The molecule has 2 rings (SSSR count). The molecule has 1 heterocycles. The highest BCUT2D eigenvalue weighted by Gasteiger charge is 2.14. The maximum absolute atomic E-state index is 11.3. The van der Waals surface area contributed by atoms with E-state index in [1.807, 2.05) is 36.5 Å². The zero-order chi connectivity index (χ0) is 15.2. The number of rotatable bonds is 5. The summed E-state index contributed by atoms with van der Waals surface area (Å²) in [5.41, 5.74) is 10.1. The molecule has 0 bridgehead atoms. The van der Waals surface area contributed by atoms with E-state index in [0.717, 1.165) is 28.8 Å². The molecule has 0 aliphatic rings. The van der Waals surface area contributed by atoms with Crippen molar-refractivity contribution in [2.24, 2.45) is 5.73 Å². The summed E-state index contributed by atoms with van der Waals surface area (Å²) >= 11 is 0. The number of aromatic nitrogens is 1. The average molecular weight is 357 g/mol. The number of hydrogen-bond donors (Lipinski definition) is 1. The molecule has 23 heavy (non-hydrogen) atoms. The molecule has 0 spiro atoms. The summed E-state index contributed by atoms with van der Waals surface area (Å²) in [4.78, 5) is 15.6. The van der Waals surface area contributed by atoms with Crippen LogP contribution in [0.5, 0.6) is 0 Å². The van der Waals surface area contributed by atoms with Gasteiger partial charge >= 0.3 is 5.97 Å². The molecule has 0 fully saturated rings. The quantitative estimate of drug-likeness (QED) is 0.835. The van der Waals surface area contributed by atoms with Gasteiger partial charge in [-0.3, -0.25) is 9.78 Å². The molecule has 0 aliphatic carbocycles. The van der Waals surface area contributed by atoms with Gasteiger partial charge in [-0.25, -0.2) is 0 Å². The lowest BCUT2D eigenvalue weighted by Crippen LogP contribution is -2.33. The Kier molecular flexibility index (Phi) is 9.49. The molecule has 126 valence electrons. The third-order valence-corrected chi connectivity index (χ3v) is 3.43. The van der Waals surface area contributed by atoms with Crippen LogP contribution in [0.15, 0.2) is 42.6 Å². The third kappa shape index (κ3) is 5.82. The van der Waals surface area contributed by atoms with Gasteiger partial charge in [0.05, 0.1) is 7.11 Å². The zero-order valence-corrected chi connectivity index (χ0v) is 14.8. The molecular weight excluding hydrogens is 335 g/mol. The van der Waals surface area contributed by atoms with Crippen molar-refractivity contribution >= 4 is 30.8 Å². The number of nitrogens with zero attached hydrogens (tertiary/aromatic N) is 1. The molecule has 2 aromatic rings. The summed E-state index contributed by atoms with van der Waals surface area (Å²) in [7, 11) is 1.35. The van der Waals surface area contributed by atoms with Gasteiger partial charge in [0, 0.05) is 11.9 Å². The van der Waals surface area contributed by atoms with Gasteiger partial charge in [-0.05, 0) is 41.7 Å². The Bertz CT molecular complexity index is 618. The van der Waals surface area contributed by atoms with Crippen molar-refractivity contribution in [3.8, 4) is 11.1 Å². The lowest BCUT2D eigenvalue weighted by molar-refractivity contribution is -0.142. The van der Waals surface area contributed by atoms with Crippen molar-refractivity contribution in [1.29, 1.82) is 0 Å². The van der Waals surface area contributed by atoms with E-state index in [-0.39, 0.29) is 30.8 Å². The van der Waals surface area contributed by atoms with Crippen LogP contribution in [0.1, 0.15) is 18.2 Å². The highest BCUT2D eigenvalue weighted by molar-refractivity contribution is 5.85. The minimum absolute atomic E-state index is 0. The standard InChI is InChI=1S/C17H20N2O2.2ClH/c1-3-15-11-14(8-9-19-15)13-6-4-12(5-7-13)10-16(18)17(20)21-2;;/h4-9,11,16H,3,10,18H2,1-2H3;2*1H. The molecule has 6 heteroatoms. The van der Waals surface area contributed by atoms with Gasteiger partial charge in [0.15, 0.2) is 0 Å². The number of aryl methyl sites for hydroxylation is 1. The van der Waals surface area contributed by atoms with Crippen molar-refractivity contribution in [2.45, 2.75) is 25.8 Å². The number of methoxy groups -OCH3 is 1. The molecule has 1 aromatic heterocycles. The van der Waals surface area contributed by atoms with E-state index in [2.05, 4.69) is 22.7 Å². The van der Waals surface area contributed by atoms with E-state index < -0.39 is 6.04 Å². The van der Waals surface area contributed by atoms with E-state index in [1.165, 1.54) is 7.11 Å². The maximum Gasteiger partial charge on any atom is 0.322 e. The minimum Gasteiger partial charge on any atom is -0.468 e. The van der Waals surface area contributed by atoms with Gasteiger partial charge in [0.25, 0.3) is 0 Å². The second kappa shape index (κ2) is 10.2. The lowest BCUT2D eigenvalue weighted by atomic mass is 10.0. The highest BCUT2D eigenvalue weighted by atomic mass is 35.5. The lowest BCUT2D eigenvalue weighted by Gasteiger charge is -2.10. The number of nitrogens with two attached hydrogens (primary N) is 1. The van der Waals surface area contributed by atoms with Gasteiger partial charge in [-0.2, -0.15) is 0 Å². The van der Waals surface area contributed by atoms with Crippen LogP contribution in [-0.2, 0) is 22.4 Å². The largest absolute Gasteiger partial charge is 0.468 e.